The Morgan fingerprint density at radius 1 is 1.22 bits per heavy atom. The van der Waals surface area contributed by atoms with Crippen molar-refractivity contribution in [2.45, 2.75) is 13.1 Å². The van der Waals surface area contributed by atoms with Crippen LogP contribution < -0.4 is 14.8 Å². The van der Waals surface area contributed by atoms with Gasteiger partial charge >= 0.3 is 0 Å². The molecule has 0 amide bonds. The van der Waals surface area contributed by atoms with Gasteiger partial charge in [-0.05, 0) is 29.1 Å². The maximum absolute atomic E-state index is 5.38. The Labute approximate surface area is 118 Å². The summed E-state index contributed by atoms with van der Waals surface area (Å²) >= 11 is 5.32. The third-order valence-corrected chi connectivity index (χ3v) is 4.35. The molecule has 5 heteroatoms. The first-order valence-corrected chi connectivity index (χ1v) is 7.31. The first-order valence-electron chi connectivity index (χ1n) is 5.64. The normalized spacial score (nSPS) is 12.9. The van der Waals surface area contributed by atoms with Crippen molar-refractivity contribution in [3.8, 4) is 11.5 Å². The van der Waals surface area contributed by atoms with Crippen LogP contribution in [0.15, 0.2) is 34.1 Å². The zero-order valence-electron chi connectivity index (χ0n) is 9.61. The molecule has 1 aliphatic rings. The van der Waals surface area contributed by atoms with E-state index in [0.29, 0.717) is 6.79 Å². The molecule has 0 radical (unpaired) electrons. The van der Waals surface area contributed by atoms with Gasteiger partial charge in [0, 0.05) is 22.4 Å². The predicted octanol–water partition coefficient (Wildman–Crippen LogP) is 3.53. The number of hydrogen-bond donors (Lipinski definition) is 1. The van der Waals surface area contributed by atoms with Gasteiger partial charge in [0.2, 0.25) is 6.79 Å². The molecular weight excluding hydrogens is 314 g/mol. The van der Waals surface area contributed by atoms with Gasteiger partial charge in [-0.2, -0.15) is 0 Å². The standard InChI is InChI=1S/C13H12BrNO2S/c14-11-5-13-12(16-8-17-13)4-9(11)6-15-7-10-2-1-3-18-10/h1-5,15H,6-8H2. The average Bonchev–Trinajstić information content (AvgIpc) is 3.00. The molecule has 0 saturated carbocycles. The highest BCUT2D eigenvalue weighted by atomic mass is 79.9. The van der Waals surface area contributed by atoms with E-state index in [1.54, 1.807) is 11.3 Å². The Morgan fingerprint density at radius 3 is 2.83 bits per heavy atom. The van der Waals surface area contributed by atoms with E-state index in [2.05, 4.69) is 38.8 Å². The zero-order valence-corrected chi connectivity index (χ0v) is 12.0. The number of halogens is 1. The lowest BCUT2D eigenvalue weighted by Crippen LogP contribution is -2.12. The van der Waals surface area contributed by atoms with Crippen LogP contribution in [-0.4, -0.2) is 6.79 Å². The van der Waals surface area contributed by atoms with E-state index in [4.69, 9.17) is 9.47 Å². The van der Waals surface area contributed by atoms with Crippen LogP contribution in [0.4, 0.5) is 0 Å². The van der Waals surface area contributed by atoms with Gasteiger partial charge in [0.25, 0.3) is 0 Å². The van der Waals surface area contributed by atoms with E-state index in [-0.39, 0.29) is 0 Å². The van der Waals surface area contributed by atoms with Crippen LogP contribution in [0.1, 0.15) is 10.4 Å². The lowest BCUT2D eigenvalue weighted by atomic mass is 10.2. The molecule has 18 heavy (non-hydrogen) atoms. The van der Waals surface area contributed by atoms with Gasteiger partial charge in [-0.1, -0.05) is 22.0 Å². The van der Waals surface area contributed by atoms with E-state index < -0.39 is 0 Å². The minimum Gasteiger partial charge on any atom is -0.454 e. The molecule has 0 aliphatic carbocycles. The van der Waals surface area contributed by atoms with Gasteiger partial charge in [-0.25, -0.2) is 0 Å². The molecule has 2 aromatic rings. The molecule has 0 fully saturated rings. The van der Waals surface area contributed by atoms with Gasteiger partial charge in [-0.15, -0.1) is 11.3 Å². The number of benzene rings is 1. The number of ether oxygens (including phenoxy) is 2. The van der Waals surface area contributed by atoms with Crippen LogP contribution >= 0.6 is 27.3 Å². The maximum atomic E-state index is 5.38. The predicted molar refractivity (Wildman–Crippen MR) is 75.1 cm³/mol. The molecule has 0 atom stereocenters. The number of nitrogens with one attached hydrogen (secondary N) is 1. The molecule has 0 bridgehead atoms. The van der Waals surface area contributed by atoms with Crippen molar-refractivity contribution in [3.63, 3.8) is 0 Å². The Kier molecular flexibility index (Phi) is 3.54. The van der Waals surface area contributed by atoms with Crippen LogP contribution in [-0.2, 0) is 13.1 Å². The smallest absolute Gasteiger partial charge is 0.231 e. The van der Waals surface area contributed by atoms with Gasteiger partial charge in [0.1, 0.15) is 0 Å². The quantitative estimate of drug-likeness (QED) is 0.932. The molecule has 3 rings (SSSR count). The van der Waals surface area contributed by atoms with E-state index in [9.17, 15) is 0 Å². The summed E-state index contributed by atoms with van der Waals surface area (Å²) in [5, 5.41) is 5.51. The molecule has 2 heterocycles. The Morgan fingerprint density at radius 2 is 2.06 bits per heavy atom. The van der Waals surface area contributed by atoms with Gasteiger partial charge in [-0.3, -0.25) is 0 Å². The highest BCUT2D eigenvalue weighted by Gasteiger charge is 2.15. The van der Waals surface area contributed by atoms with Crippen molar-refractivity contribution >= 4 is 27.3 Å². The SMILES string of the molecule is Brc1cc2c(cc1CNCc1cccs1)OCO2. The summed E-state index contributed by atoms with van der Waals surface area (Å²) in [5.74, 6) is 1.63. The highest BCUT2D eigenvalue weighted by Crippen LogP contribution is 2.36. The van der Waals surface area contributed by atoms with Crippen LogP contribution in [0.2, 0.25) is 0 Å². The van der Waals surface area contributed by atoms with Crippen molar-refractivity contribution in [3.05, 3.63) is 44.6 Å². The fourth-order valence-electron chi connectivity index (χ4n) is 1.83. The van der Waals surface area contributed by atoms with Crippen molar-refractivity contribution in [2.75, 3.05) is 6.79 Å². The Bertz CT molecular complexity index is 542. The topological polar surface area (TPSA) is 30.5 Å². The summed E-state index contributed by atoms with van der Waals surface area (Å²) in [7, 11) is 0. The summed E-state index contributed by atoms with van der Waals surface area (Å²) < 4.78 is 11.8. The molecule has 1 aromatic heterocycles. The summed E-state index contributed by atoms with van der Waals surface area (Å²) in [6.07, 6.45) is 0. The molecule has 94 valence electrons. The summed E-state index contributed by atoms with van der Waals surface area (Å²) in [6, 6.07) is 8.18. The van der Waals surface area contributed by atoms with E-state index in [0.717, 1.165) is 29.1 Å². The van der Waals surface area contributed by atoms with Crippen LogP contribution in [0.25, 0.3) is 0 Å². The van der Waals surface area contributed by atoms with E-state index in [1.165, 1.54) is 10.4 Å². The fraction of sp³-hybridized carbons (Fsp3) is 0.231. The van der Waals surface area contributed by atoms with Gasteiger partial charge in [0.15, 0.2) is 11.5 Å². The second-order valence-corrected chi connectivity index (χ2v) is 5.87. The average molecular weight is 326 g/mol. The van der Waals surface area contributed by atoms with E-state index >= 15 is 0 Å². The molecule has 1 aliphatic heterocycles. The lowest BCUT2D eigenvalue weighted by Gasteiger charge is -2.07. The first kappa shape index (κ1) is 12.0. The van der Waals surface area contributed by atoms with Gasteiger partial charge in [0.05, 0.1) is 0 Å². The first-order chi connectivity index (χ1) is 8.83. The molecule has 1 aromatic carbocycles. The van der Waals surface area contributed by atoms with Crippen LogP contribution in [0, 0.1) is 0 Å². The summed E-state index contributed by atoms with van der Waals surface area (Å²) in [4.78, 5) is 1.34. The number of fused-ring (bicyclic) bond motifs is 1. The lowest BCUT2D eigenvalue weighted by molar-refractivity contribution is 0.174. The van der Waals surface area contributed by atoms with Crippen LogP contribution in [0.5, 0.6) is 11.5 Å². The Balaban J connectivity index is 1.66. The molecule has 0 spiro atoms. The molecule has 3 nitrogen and oxygen atoms in total. The Hall–Kier alpha value is -1.04. The number of hydrogen-bond acceptors (Lipinski definition) is 4. The fourth-order valence-corrected chi connectivity index (χ4v) is 2.97. The molecule has 0 unspecified atom stereocenters. The highest BCUT2D eigenvalue weighted by molar-refractivity contribution is 9.10. The zero-order chi connectivity index (χ0) is 12.4. The van der Waals surface area contributed by atoms with Crippen molar-refractivity contribution < 1.29 is 9.47 Å². The van der Waals surface area contributed by atoms with Crippen molar-refractivity contribution in [2.24, 2.45) is 0 Å². The number of thiophene rings is 1. The van der Waals surface area contributed by atoms with Crippen LogP contribution in [0.3, 0.4) is 0 Å². The second-order valence-electron chi connectivity index (χ2n) is 3.98. The molecule has 1 N–H and O–H groups in total. The van der Waals surface area contributed by atoms with E-state index in [1.807, 2.05) is 12.1 Å². The minimum absolute atomic E-state index is 0.313. The van der Waals surface area contributed by atoms with Gasteiger partial charge < -0.3 is 14.8 Å². The molecule has 0 saturated heterocycles. The van der Waals surface area contributed by atoms with Crippen molar-refractivity contribution in [1.29, 1.82) is 0 Å². The minimum atomic E-state index is 0.313. The van der Waals surface area contributed by atoms with Crippen molar-refractivity contribution in [1.82, 2.24) is 5.32 Å². The molecular formula is C13H12BrNO2S. The summed E-state index contributed by atoms with van der Waals surface area (Å²) in [6.45, 7) is 2.00. The third-order valence-electron chi connectivity index (χ3n) is 2.74. The third kappa shape index (κ3) is 2.53. The monoisotopic (exact) mass is 325 g/mol. The second kappa shape index (κ2) is 5.30. The summed E-state index contributed by atoms with van der Waals surface area (Å²) in [5.41, 5.74) is 1.18. The maximum Gasteiger partial charge on any atom is 0.231 e. The number of rotatable bonds is 4. The largest absolute Gasteiger partial charge is 0.454 e.